The quantitative estimate of drug-likeness (QED) is 0.0794. The van der Waals surface area contributed by atoms with Crippen molar-refractivity contribution in [3.05, 3.63) is 0 Å². The van der Waals surface area contributed by atoms with Gasteiger partial charge in [-0.1, -0.05) is 129 Å². The van der Waals surface area contributed by atoms with Gasteiger partial charge in [0, 0.05) is 39.3 Å². The van der Waals surface area contributed by atoms with E-state index in [1.807, 2.05) is 0 Å². The van der Waals surface area contributed by atoms with E-state index in [0.29, 0.717) is 16.9 Å². The molecule has 1 aliphatic rings. The van der Waals surface area contributed by atoms with Crippen LogP contribution in [-0.4, -0.2) is 117 Å². The van der Waals surface area contributed by atoms with E-state index in [1.54, 1.807) is 0 Å². The molecule has 7 nitrogen and oxygen atoms in total. The van der Waals surface area contributed by atoms with Gasteiger partial charge in [-0.05, 0) is 25.9 Å². The Hall–Kier alpha value is -1.39. The number of aliphatic carboxylic acids is 1. The first kappa shape index (κ1) is 45.6. The second kappa shape index (κ2) is 28.4. The lowest BCUT2D eigenvalue weighted by atomic mass is 10.1. The third-order valence-corrected chi connectivity index (χ3v) is 8.95. The molecule has 1 aliphatic heterocycles. The minimum absolute atomic E-state index is 0.326. The molecule has 0 saturated carbocycles. The normalized spacial score (nSPS) is 15.4. The number of carboxylic acids is 1. The summed E-state index contributed by atoms with van der Waals surface area (Å²) in [6.45, 7) is 13.7. The molecule has 0 N–H and O–H groups in total. The molecule has 0 aromatic carbocycles. The Balaban J connectivity index is 0.00000270. The van der Waals surface area contributed by atoms with Crippen molar-refractivity contribution in [2.75, 3.05) is 80.0 Å². The average molecular weight is 679 g/mol. The van der Waals surface area contributed by atoms with Gasteiger partial charge >= 0.3 is 6.18 Å². The number of alkyl halides is 3. The molecule has 1 fully saturated rings. The molecule has 280 valence electrons. The van der Waals surface area contributed by atoms with Gasteiger partial charge in [-0.2, -0.15) is 13.2 Å². The van der Waals surface area contributed by atoms with Crippen LogP contribution in [0.4, 0.5) is 13.2 Å². The molecular formula is C37H73F3N4O3. The minimum Gasteiger partial charge on any atom is -0.542 e. The Labute approximate surface area is 287 Å². The van der Waals surface area contributed by atoms with E-state index in [-0.39, 0.29) is 0 Å². The van der Waals surface area contributed by atoms with Gasteiger partial charge in [0.05, 0.1) is 21.1 Å². The van der Waals surface area contributed by atoms with Crippen LogP contribution in [0.25, 0.3) is 0 Å². The third-order valence-electron chi connectivity index (χ3n) is 8.95. The summed E-state index contributed by atoms with van der Waals surface area (Å²) >= 11 is 0. The van der Waals surface area contributed by atoms with Crippen LogP contribution in [-0.2, 0) is 9.59 Å². The molecule has 1 amide bonds. The van der Waals surface area contributed by atoms with Gasteiger partial charge in [-0.3, -0.25) is 4.79 Å². The van der Waals surface area contributed by atoms with Gasteiger partial charge in [0.2, 0.25) is 0 Å². The van der Waals surface area contributed by atoms with Crippen LogP contribution >= 0.6 is 0 Å². The maximum atomic E-state index is 13.2. The van der Waals surface area contributed by atoms with Crippen molar-refractivity contribution in [2.24, 2.45) is 0 Å². The SMILES string of the molecule is CCCCCCCCCCCCN1CCN(CCCCCCCCCCCC)CCN(C(=O)C[N+](C)(C)C)CC1.O=C([O-])C(F)(F)F. The van der Waals surface area contributed by atoms with Crippen LogP contribution in [0.1, 0.15) is 142 Å². The topological polar surface area (TPSA) is 66.9 Å². The molecule has 47 heavy (non-hydrogen) atoms. The first-order valence-electron chi connectivity index (χ1n) is 19.1. The van der Waals surface area contributed by atoms with E-state index >= 15 is 0 Å². The largest absolute Gasteiger partial charge is 0.542 e. The van der Waals surface area contributed by atoms with Crippen molar-refractivity contribution < 1.29 is 32.3 Å². The van der Waals surface area contributed by atoms with Crippen molar-refractivity contribution in [2.45, 2.75) is 148 Å². The zero-order valence-electron chi connectivity index (χ0n) is 31.2. The summed E-state index contributed by atoms with van der Waals surface area (Å²) in [6, 6.07) is 0. The molecular weight excluding hydrogens is 605 g/mol. The Bertz CT molecular complexity index is 726. The number of carboxylic acid groups (broad SMARTS) is 1. The molecule has 0 aromatic heterocycles. The first-order chi connectivity index (χ1) is 22.3. The summed E-state index contributed by atoms with van der Waals surface area (Å²) in [5.74, 6) is -2.68. The zero-order valence-corrected chi connectivity index (χ0v) is 31.2. The average Bonchev–Trinajstić information content (AvgIpc) is 3.09. The highest BCUT2D eigenvalue weighted by atomic mass is 19.4. The van der Waals surface area contributed by atoms with Crippen LogP contribution in [0.3, 0.4) is 0 Å². The number of rotatable bonds is 24. The van der Waals surface area contributed by atoms with E-state index in [9.17, 15) is 18.0 Å². The maximum Gasteiger partial charge on any atom is 0.430 e. The van der Waals surface area contributed by atoms with Crippen LogP contribution in [0.2, 0.25) is 0 Å². The van der Waals surface area contributed by atoms with Gasteiger partial charge < -0.3 is 29.1 Å². The number of quaternary nitrogens is 1. The molecule has 0 bridgehead atoms. The molecule has 0 radical (unpaired) electrons. The predicted molar refractivity (Wildman–Crippen MR) is 187 cm³/mol. The van der Waals surface area contributed by atoms with Crippen LogP contribution in [0, 0.1) is 0 Å². The van der Waals surface area contributed by atoms with E-state index in [2.05, 4.69) is 49.7 Å². The highest BCUT2D eigenvalue weighted by molar-refractivity contribution is 5.77. The number of unbranched alkanes of at least 4 members (excludes halogenated alkanes) is 18. The molecule has 1 rings (SSSR count). The lowest BCUT2D eigenvalue weighted by molar-refractivity contribution is -0.862. The number of amides is 1. The lowest BCUT2D eigenvalue weighted by Gasteiger charge is -2.30. The number of carbonyl (C=O) groups is 2. The van der Waals surface area contributed by atoms with E-state index in [4.69, 9.17) is 9.90 Å². The standard InChI is InChI=1S/C35H73N4O.C2HF3O2/c1-6-8-10-12-14-16-18-20-22-24-26-36-28-29-37(27-25-23-21-19-17-15-13-11-9-7-2)31-33-38(32-30-36)35(40)34-39(3,4)5;3-2(4,5)1(6)7/h6-34H2,1-5H3;(H,6,7)/q+1;/p-1. The number of carbonyl (C=O) groups excluding carboxylic acids is 2. The predicted octanol–water partition coefficient (Wildman–Crippen LogP) is 7.28. The summed E-state index contributed by atoms with van der Waals surface area (Å²) in [5, 5.41) is 8.78. The first-order valence-corrected chi connectivity index (χ1v) is 19.1. The monoisotopic (exact) mass is 679 g/mol. The fourth-order valence-electron chi connectivity index (χ4n) is 5.99. The van der Waals surface area contributed by atoms with Crippen LogP contribution < -0.4 is 5.11 Å². The summed E-state index contributed by atoms with van der Waals surface area (Å²) in [4.78, 5) is 29.4. The van der Waals surface area contributed by atoms with Gasteiger partial charge in [-0.15, -0.1) is 0 Å². The number of halogens is 3. The Morgan fingerprint density at radius 2 is 0.830 bits per heavy atom. The second-order valence-electron chi connectivity index (χ2n) is 14.7. The third kappa shape index (κ3) is 29.3. The van der Waals surface area contributed by atoms with Gasteiger partial charge in [0.25, 0.3) is 5.91 Å². The minimum atomic E-state index is -5.19. The summed E-state index contributed by atoms with van der Waals surface area (Å²) < 4.78 is 32.3. The Kier molecular flexibility index (Phi) is 27.6. The number of hydrogen-bond acceptors (Lipinski definition) is 5. The van der Waals surface area contributed by atoms with Crippen LogP contribution in [0.15, 0.2) is 0 Å². The summed E-state index contributed by atoms with van der Waals surface area (Å²) in [6.07, 6.45) is 22.6. The molecule has 0 aromatic rings. The highest BCUT2D eigenvalue weighted by Crippen LogP contribution is 2.14. The van der Waals surface area contributed by atoms with Gasteiger partial charge in [0.1, 0.15) is 5.97 Å². The van der Waals surface area contributed by atoms with Crippen LogP contribution in [0.5, 0.6) is 0 Å². The second-order valence-corrected chi connectivity index (χ2v) is 14.7. The zero-order chi connectivity index (χ0) is 35.4. The Morgan fingerprint density at radius 3 is 1.11 bits per heavy atom. The van der Waals surface area contributed by atoms with E-state index < -0.39 is 12.1 Å². The summed E-state index contributed by atoms with van der Waals surface area (Å²) in [7, 11) is 6.38. The number of hydrogen-bond donors (Lipinski definition) is 0. The number of likely N-dealkylation sites (N-methyl/N-ethyl adjacent to an activating group) is 1. The van der Waals surface area contributed by atoms with Crippen molar-refractivity contribution in [3.8, 4) is 0 Å². The van der Waals surface area contributed by atoms with Gasteiger partial charge in [-0.25, -0.2) is 0 Å². The molecule has 0 unspecified atom stereocenters. The molecule has 1 heterocycles. The van der Waals surface area contributed by atoms with Crippen molar-refractivity contribution in [1.29, 1.82) is 0 Å². The van der Waals surface area contributed by atoms with Crippen molar-refractivity contribution >= 4 is 11.9 Å². The molecule has 0 atom stereocenters. The fraction of sp³-hybridized carbons (Fsp3) is 0.946. The van der Waals surface area contributed by atoms with E-state index in [1.165, 1.54) is 142 Å². The molecule has 1 saturated heterocycles. The fourth-order valence-corrected chi connectivity index (χ4v) is 5.99. The van der Waals surface area contributed by atoms with Gasteiger partial charge in [0.15, 0.2) is 6.54 Å². The van der Waals surface area contributed by atoms with Crippen molar-refractivity contribution in [1.82, 2.24) is 14.7 Å². The highest BCUT2D eigenvalue weighted by Gasteiger charge is 2.29. The lowest BCUT2D eigenvalue weighted by Crippen LogP contribution is -2.48. The van der Waals surface area contributed by atoms with E-state index in [0.717, 1.165) is 39.3 Å². The van der Waals surface area contributed by atoms with Crippen molar-refractivity contribution in [3.63, 3.8) is 0 Å². The molecule has 10 heteroatoms. The maximum absolute atomic E-state index is 13.2. The summed E-state index contributed by atoms with van der Waals surface area (Å²) in [5.41, 5.74) is 0. The Morgan fingerprint density at radius 1 is 0.553 bits per heavy atom. The molecule has 0 aliphatic carbocycles. The smallest absolute Gasteiger partial charge is 0.430 e. The molecule has 0 spiro atoms. The number of nitrogens with zero attached hydrogens (tertiary/aromatic N) is 4.